The monoisotopic (exact) mass is 207 g/mol. The molecule has 2 aromatic heterocycles. The second-order valence-electron chi connectivity index (χ2n) is 2.99. The fourth-order valence-corrected chi connectivity index (χ4v) is 1.94. The molecule has 0 aliphatic heterocycles. The summed E-state index contributed by atoms with van der Waals surface area (Å²) in [6, 6.07) is 0. The summed E-state index contributed by atoms with van der Waals surface area (Å²) in [5.41, 5.74) is 2.73. The van der Waals surface area contributed by atoms with Gasteiger partial charge in [0.25, 0.3) is 0 Å². The van der Waals surface area contributed by atoms with Crippen LogP contribution in [-0.4, -0.2) is 21.1 Å². The first kappa shape index (κ1) is 9.08. The van der Waals surface area contributed by atoms with Crippen LogP contribution < -0.4 is 0 Å². The molecule has 0 saturated carbocycles. The van der Waals surface area contributed by atoms with Gasteiger partial charge in [0, 0.05) is 24.2 Å². The highest BCUT2D eigenvalue weighted by molar-refractivity contribution is 7.11. The van der Waals surface area contributed by atoms with Gasteiger partial charge in [-0.3, -0.25) is 9.48 Å². The van der Waals surface area contributed by atoms with Crippen LogP contribution in [0, 0.1) is 6.92 Å². The molecule has 0 aliphatic rings. The lowest BCUT2D eigenvalue weighted by molar-refractivity contribution is 0.112. The van der Waals surface area contributed by atoms with Crippen LogP contribution >= 0.6 is 11.3 Å². The predicted octanol–water partition coefficient (Wildman–Crippen LogP) is 1.66. The van der Waals surface area contributed by atoms with E-state index in [2.05, 4.69) is 10.1 Å². The molecule has 14 heavy (non-hydrogen) atoms. The summed E-state index contributed by atoms with van der Waals surface area (Å²) in [5, 5.41) is 6.59. The second kappa shape index (κ2) is 3.34. The molecule has 2 aromatic rings. The van der Waals surface area contributed by atoms with E-state index in [-0.39, 0.29) is 0 Å². The van der Waals surface area contributed by atoms with E-state index in [1.54, 1.807) is 4.68 Å². The van der Waals surface area contributed by atoms with Crippen molar-refractivity contribution in [2.24, 2.45) is 7.05 Å². The average Bonchev–Trinajstić information content (AvgIpc) is 2.71. The van der Waals surface area contributed by atoms with Gasteiger partial charge in [-0.25, -0.2) is 4.98 Å². The van der Waals surface area contributed by atoms with Crippen LogP contribution in [0.5, 0.6) is 0 Å². The smallest absolute Gasteiger partial charge is 0.178 e. The number of thiazole rings is 1. The number of carbonyl (C=O) groups excluding carboxylic acids is 1. The van der Waals surface area contributed by atoms with Crippen molar-refractivity contribution in [1.29, 1.82) is 0 Å². The lowest BCUT2D eigenvalue weighted by Crippen LogP contribution is -1.86. The Bertz CT molecular complexity index is 472. The molecule has 2 rings (SSSR count). The van der Waals surface area contributed by atoms with Gasteiger partial charge >= 0.3 is 0 Å². The van der Waals surface area contributed by atoms with Crippen LogP contribution in [0.4, 0.5) is 0 Å². The molecule has 0 aromatic carbocycles. The van der Waals surface area contributed by atoms with Gasteiger partial charge in [-0.1, -0.05) is 0 Å². The van der Waals surface area contributed by atoms with Gasteiger partial charge in [0.05, 0.1) is 11.4 Å². The van der Waals surface area contributed by atoms with Gasteiger partial charge in [-0.05, 0) is 6.92 Å². The van der Waals surface area contributed by atoms with Crippen molar-refractivity contribution in [2.45, 2.75) is 6.92 Å². The third kappa shape index (κ3) is 1.46. The van der Waals surface area contributed by atoms with Crippen molar-refractivity contribution < 1.29 is 4.79 Å². The molecular formula is C9H9N3OS. The quantitative estimate of drug-likeness (QED) is 0.704. The zero-order chi connectivity index (χ0) is 10.1. The maximum Gasteiger partial charge on any atom is 0.178 e. The Kier molecular flexibility index (Phi) is 2.17. The van der Waals surface area contributed by atoms with Crippen molar-refractivity contribution in [3.63, 3.8) is 0 Å². The van der Waals surface area contributed by atoms with E-state index in [9.17, 15) is 4.79 Å². The van der Waals surface area contributed by atoms with Gasteiger partial charge in [0.1, 0.15) is 0 Å². The molecule has 0 radical (unpaired) electrons. The maximum absolute atomic E-state index is 10.5. The van der Waals surface area contributed by atoms with Gasteiger partial charge in [-0.2, -0.15) is 5.10 Å². The Labute approximate surface area is 85.2 Å². The fraction of sp³-hybridized carbons (Fsp3) is 0.222. The lowest BCUT2D eigenvalue weighted by atomic mass is 10.2. The molecule has 2 heterocycles. The summed E-state index contributed by atoms with van der Waals surface area (Å²) >= 11 is 1.35. The SMILES string of the molecule is Cc1nn(C)cc1-c1csc(C=O)n1. The molecule has 0 bridgehead atoms. The molecule has 0 aliphatic carbocycles. The number of hydrogen-bond acceptors (Lipinski definition) is 4. The Morgan fingerprint density at radius 3 is 2.86 bits per heavy atom. The van der Waals surface area contributed by atoms with E-state index in [1.807, 2.05) is 25.5 Å². The number of carbonyl (C=O) groups is 1. The number of rotatable bonds is 2. The summed E-state index contributed by atoms with van der Waals surface area (Å²) < 4.78 is 1.74. The summed E-state index contributed by atoms with van der Waals surface area (Å²) in [7, 11) is 1.86. The largest absolute Gasteiger partial charge is 0.295 e. The normalized spacial score (nSPS) is 10.4. The van der Waals surface area contributed by atoms with Crippen LogP contribution in [0.15, 0.2) is 11.6 Å². The number of aldehydes is 1. The van der Waals surface area contributed by atoms with Crippen molar-refractivity contribution in [3.8, 4) is 11.3 Å². The van der Waals surface area contributed by atoms with Crippen molar-refractivity contribution >= 4 is 17.6 Å². The second-order valence-corrected chi connectivity index (χ2v) is 3.88. The number of aryl methyl sites for hydroxylation is 2. The van der Waals surface area contributed by atoms with Gasteiger partial charge in [0.2, 0.25) is 0 Å². The van der Waals surface area contributed by atoms with E-state index >= 15 is 0 Å². The van der Waals surface area contributed by atoms with Crippen LogP contribution in [0.25, 0.3) is 11.3 Å². The van der Waals surface area contributed by atoms with E-state index in [0.29, 0.717) is 5.01 Å². The summed E-state index contributed by atoms with van der Waals surface area (Å²) in [5.74, 6) is 0. The standard InChI is InChI=1S/C9H9N3OS/c1-6-7(3-12(2)11-6)8-5-14-9(4-13)10-8/h3-5H,1-2H3. The van der Waals surface area contributed by atoms with Gasteiger partial charge in [-0.15, -0.1) is 11.3 Å². The zero-order valence-electron chi connectivity index (χ0n) is 7.89. The highest BCUT2D eigenvalue weighted by Crippen LogP contribution is 2.23. The molecule has 0 N–H and O–H groups in total. The molecule has 4 nitrogen and oxygen atoms in total. The van der Waals surface area contributed by atoms with Crippen molar-refractivity contribution in [3.05, 3.63) is 22.3 Å². The number of aromatic nitrogens is 3. The predicted molar refractivity (Wildman–Crippen MR) is 54.4 cm³/mol. The van der Waals surface area contributed by atoms with E-state index in [4.69, 9.17) is 0 Å². The minimum absolute atomic E-state index is 0.503. The topological polar surface area (TPSA) is 47.8 Å². The van der Waals surface area contributed by atoms with Crippen molar-refractivity contribution in [1.82, 2.24) is 14.8 Å². The molecular weight excluding hydrogens is 198 g/mol. The molecule has 0 atom stereocenters. The Balaban J connectivity index is 2.48. The Morgan fingerprint density at radius 1 is 1.57 bits per heavy atom. The van der Waals surface area contributed by atoms with Crippen LogP contribution in [0.1, 0.15) is 15.5 Å². The summed E-state index contributed by atoms with van der Waals surface area (Å²) in [6.45, 7) is 1.93. The maximum atomic E-state index is 10.5. The van der Waals surface area contributed by atoms with E-state index in [1.165, 1.54) is 11.3 Å². The first-order valence-electron chi connectivity index (χ1n) is 4.12. The molecule has 5 heteroatoms. The molecule has 0 fully saturated rings. The Hall–Kier alpha value is -1.49. The van der Waals surface area contributed by atoms with E-state index < -0.39 is 0 Å². The zero-order valence-corrected chi connectivity index (χ0v) is 8.71. The van der Waals surface area contributed by atoms with Gasteiger partial charge in [0.15, 0.2) is 11.3 Å². The summed E-state index contributed by atoms with van der Waals surface area (Å²) in [4.78, 5) is 14.6. The third-order valence-electron chi connectivity index (χ3n) is 1.91. The third-order valence-corrected chi connectivity index (χ3v) is 2.68. The van der Waals surface area contributed by atoms with Crippen LogP contribution in [-0.2, 0) is 7.05 Å². The fourth-order valence-electron chi connectivity index (χ4n) is 1.32. The van der Waals surface area contributed by atoms with Crippen LogP contribution in [0.2, 0.25) is 0 Å². The average molecular weight is 207 g/mol. The van der Waals surface area contributed by atoms with Crippen LogP contribution in [0.3, 0.4) is 0 Å². The Morgan fingerprint density at radius 2 is 2.36 bits per heavy atom. The summed E-state index contributed by atoms with van der Waals surface area (Å²) in [6.07, 6.45) is 2.67. The molecule has 0 unspecified atom stereocenters. The first-order chi connectivity index (χ1) is 6.70. The minimum atomic E-state index is 0.503. The minimum Gasteiger partial charge on any atom is -0.295 e. The molecule has 0 spiro atoms. The molecule has 0 amide bonds. The van der Waals surface area contributed by atoms with Crippen molar-refractivity contribution in [2.75, 3.05) is 0 Å². The molecule has 0 saturated heterocycles. The number of hydrogen-bond donors (Lipinski definition) is 0. The number of nitrogens with zero attached hydrogens (tertiary/aromatic N) is 3. The van der Waals surface area contributed by atoms with Gasteiger partial charge < -0.3 is 0 Å². The van der Waals surface area contributed by atoms with E-state index in [0.717, 1.165) is 23.2 Å². The lowest BCUT2D eigenvalue weighted by Gasteiger charge is -1.89. The highest BCUT2D eigenvalue weighted by atomic mass is 32.1. The first-order valence-corrected chi connectivity index (χ1v) is 5.00. The molecule has 72 valence electrons. The highest BCUT2D eigenvalue weighted by Gasteiger charge is 2.09.